The molecule has 2 aliphatic rings. The first kappa shape index (κ1) is 11.4. The minimum atomic E-state index is 0.891. The van der Waals surface area contributed by atoms with Crippen LogP contribution in [0.1, 0.15) is 44.9 Å². The summed E-state index contributed by atoms with van der Waals surface area (Å²) < 4.78 is 0. The summed E-state index contributed by atoms with van der Waals surface area (Å²) in [7, 11) is 0. The van der Waals surface area contributed by atoms with Crippen molar-refractivity contribution in [2.45, 2.75) is 44.9 Å². The largest absolute Gasteiger partial charge is 0.316 e. The second-order valence-electron chi connectivity index (χ2n) is 5.37. The summed E-state index contributed by atoms with van der Waals surface area (Å²) in [6.07, 6.45) is 10.1. The highest BCUT2D eigenvalue weighted by Gasteiger charge is 2.15. The molecule has 0 aromatic rings. The summed E-state index contributed by atoms with van der Waals surface area (Å²) in [5.74, 6) is 1.87. The zero-order chi connectivity index (χ0) is 10.3. The first-order chi connectivity index (χ1) is 7.45. The molecule has 1 heterocycles. The van der Waals surface area contributed by atoms with E-state index in [1.807, 2.05) is 0 Å². The van der Waals surface area contributed by atoms with Crippen molar-refractivity contribution in [3.63, 3.8) is 0 Å². The third-order valence-corrected chi connectivity index (χ3v) is 3.99. The molecule has 0 amide bonds. The minimum absolute atomic E-state index is 0.891. The maximum absolute atomic E-state index is 3.68. The van der Waals surface area contributed by atoms with Gasteiger partial charge in [0, 0.05) is 0 Å². The standard InChI is InChI=1S/C13H26N2/c1-2-5-12(6-3-1)9-15-11-13-7-4-8-14-10-13/h12-15H,1-11H2. The van der Waals surface area contributed by atoms with Gasteiger partial charge in [0.25, 0.3) is 0 Å². The molecule has 1 atom stereocenters. The van der Waals surface area contributed by atoms with E-state index in [9.17, 15) is 0 Å². The molecule has 0 aromatic carbocycles. The van der Waals surface area contributed by atoms with E-state index in [-0.39, 0.29) is 0 Å². The van der Waals surface area contributed by atoms with Crippen LogP contribution in [0.15, 0.2) is 0 Å². The molecule has 1 aliphatic heterocycles. The van der Waals surface area contributed by atoms with E-state index in [0.29, 0.717) is 0 Å². The van der Waals surface area contributed by atoms with Crippen molar-refractivity contribution < 1.29 is 0 Å². The van der Waals surface area contributed by atoms with Crippen LogP contribution in [0.2, 0.25) is 0 Å². The molecule has 1 aliphatic carbocycles. The molecule has 2 fully saturated rings. The van der Waals surface area contributed by atoms with E-state index in [1.54, 1.807) is 0 Å². The SMILES string of the molecule is C1CCC(CNCC2CCCNC2)CC1. The Morgan fingerprint density at radius 2 is 1.60 bits per heavy atom. The van der Waals surface area contributed by atoms with E-state index < -0.39 is 0 Å². The van der Waals surface area contributed by atoms with E-state index in [4.69, 9.17) is 0 Å². The van der Waals surface area contributed by atoms with Gasteiger partial charge >= 0.3 is 0 Å². The Bertz CT molecular complexity index is 140. The van der Waals surface area contributed by atoms with Crippen molar-refractivity contribution in [1.29, 1.82) is 0 Å². The summed E-state index contributed by atoms with van der Waals surface area (Å²) >= 11 is 0. The maximum atomic E-state index is 3.68. The van der Waals surface area contributed by atoms with E-state index in [2.05, 4.69) is 10.6 Å². The molecular formula is C13H26N2. The Morgan fingerprint density at radius 1 is 0.867 bits per heavy atom. The van der Waals surface area contributed by atoms with Gasteiger partial charge in [-0.15, -0.1) is 0 Å². The van der Waals surface area contributed by atoms with Gasteiger partial charge in [-0.25, -0.2) is 0 Å². The van der Waals surface area contributed by atoms with Crippen molar-refractivity contribution in [3.05, 3.63) is 0 Å². The van der Waals surface area contributed by atoms with E-state index in [0.717, 1.165) is 11.8 Å². The molecule has 2 nitrogen and oxygen atoms in total. The van der Waals surface area contributed by atoms with Gasteiger partial charge in [-0.2, -0.15) is 0 Å². The van der Waals surface area contributed by atoms with Gasteiger partial charge < -0.3 is 10.6 Å². The average Bonchev–Trinajstić information content (AvgIpc) is 2.32. The highest BCUT2D eigenvalue weighted by molar-refractivity contribution is 4.73. The lowest BCUT2D eigenvalue weighted by Gasteiger charge is -2.26. The Hall–Kier alpha value is -0.0800. The van der Waals surface area contributed by atoms with Crippen LogP contribution in [0.5, 0.6) is 0 Å². The van der Waals surface area contributed by atoms with Crippen molar-refractivity contribution in [1.82, 2.24) is 10.6 Å². The zero-order valence-corrected chi connectivity index (χ0v) is 9.93. The average molecular weight is 210 g/mol. The summed E-state index contributed by atoms with van der Waals surface area (Å²) in [6, 6.07) is 0. The zero-order valence-electron chi connectivity index (χ0n) is 9.93. The van der Waals surface area contributed by atoms with Crippen LogP contribution in [-0.4, -0.2) is 26.2 Å². The Kier molecular flexibility index (Phi) is 4.94. The monoisotopic (exact) mass is 210 g/mol. The van der Waals surface area contributed by atoms with Crippen LogP contribution in [0.3, 0.4) is 0 Å². The maximum Gasteiger partial charge on any atom is -0.000826 e. The fourth-order valence-electron chi connectivity index (χ4n) is 2.98. The lowest BCUT2D eigenvalue weighted by atomic mass is 9.89. The summed E-state index contributed by atoms with van der Waals surface area (Å²) in [4.78, 5) is 0. The molecule has 2 heteroatoms. The molecular weight excluding hydrogens is 184 g/mol. The van der Waals surface area contributed by atoms with Crippen LogP contribution < -0.4 is 10.6 Å². The van der Waals surface area contributed by atoms with Gasteiger partial charge in [-0.3, -0.25) is 0 Å². The third kappa shape index (κ3) is 4.12. The van der Waals surface area contributed by atoms with Gasteiger partial charge in [0.15, 0.2) is 0 Å². The third-order valence-electron chi connectivity index (χ3n) is 3.99. The normalized spacial score (nSPS) is 29.2. The number of nitrogens with one attached hydrogen (secondary N) is 2. The predicted octanol–water partition coefficient (Wildman–Crippen LogP) is 2.16. The molecule has 1 saturated heterocycles. The second-order valence-corrected chi connectivity index (χ2v) is 5.37. The fraction of sp³-hybridized carbons (Fsp3) is 1.00. The lowest BCUT2D eigenvalue weighted by Crippen LogP contribution is -2.37. The Balaban J connectivity index is 1.53. The van der Waals surface area contributed by atoms with Crippen molar-refractivity contribution in [3.8, 4) is 0 Å². The van der Waals surface area contributed by atoms with Gasteiger partial charge in [-0.1, -0.05) is 19.3 Å². The van der Waals surface area contributed by atoms with Gasteiger partial charge in [0.1, 0.15) is 0 Å². The molecule has 0 aromatic heterocycles. The van der Waals surface area contributed by atoms with E-state index in [1.165, 1.54) is 71.1 Å². The summed E-state index contributed by atoms with van der Waals surface area (Å²) in [5.41, 5.74) is 0. The van der Waals surface area contributed by atoms with Crippen molar-refractivity contribution in [2.75, 3.05) is 26.2 Å². The molecule has 0 spiro atoms. The van der Waals surface area contributed by atoms with Gasteiger partial charge in [0.2, 0.25) is 0 Å². The lowest BCUT2D eigenvalue weighted by molar-refractivity contribution is 0.313. The summed E-state index contributed by atoms with van der Waals surface area (Å²) in [6.45, 7) is 4.98. The first-order valence-electron chi connectivity index (χ1n) is 6.86. The predicted molar refractivity (Wildman–Crippen MR) is 65.0 cm³/mol. The number of hydrogen-bond acceptors (Lipinski definition) is 2. The Labute approximate surface area is 94.2 Å². The molecule has 2 rings (SSSR count). The first-order valence-corrected chi connectivity index (χ1v) is 6.86. The van der Waals surface area contributed by atoms with Crippen LogP contribution >= 0.6 is 0 Å². The van der Waals surface area contributed by atoms with Crippen LogP contribution in [0, 0.1) is 11.8 Å². The second kappa shape index (κ2) is 6.49. The van der Waals surface area contributed by atoms with Crippen molar-refractivity contribution >= 4 is 0 Å². The number of piperidine rings is 1. The molecule has 1 saturated carbocycles. The highest BCUT2D eigenvalue weighted by atomic mass is 14.9. The minimum Gasteiger partial charge on any atom is -0.316 e. The molecule has 2 N–H and O–H groups in total. The van der Waals surface area contributed by atoms with Gasteiger partial charge in [-0.05, 0) is 63.7 Å². The number of rotatable bonds is 4. The van der Waals surface area contributed by atoms with Crippen LogP contribution in [0.25, 0.3) is 0 Å². The Morgan fingerprint density at radius 3 is 2.33 bits per heavy atom. The van der Waals surface area contributed by atoms with Crippen LogP contribution in [0.4, 0.5) is 0 Å². The molecule has 1 unspecified atom stereocenters. The smallest absolute Gasteiger partial charge is 0.000826 e. The number of hydrogen-bond donors (Lipinski definition) is 2. The summed E-state index contributed by atoms with van der Waals surface area (Å²) in [5, 5.41) is 7.17. The molecule has 0 bridgehead atoms. The molecule has 0 radical (unpaired) electrons. The molecule has 15 heavy (non-hydrogen) atoms. The van der Waals surface area contributed by atoms with E-state index >= 15 is 0 Å². The topological polar surface area (TPSA) is 24.1 Å². The van der Waals surface area contributed by atoms with Gasteiger partial charge in [0.05, 0.1) is 0 Å². The highest BCUT2D eigenvalue weighted by Crippen LogP contribution is 2.22. The quantitative estimate of drug-likeness (QED) is 0.743. The molecule has 88 valence electrons. The van der Waals surface area contributed by atoms with Crippen LogP contribution in [-0.2, 0) is 0 Å². The fourth-order valence-corrected chi connectivity index (χ4v) is 2.98. The van der Waals surface area contributed by atoms with Crippen molar-refractivity contribution in [2.24, 2.45) is 11.8 Å².